The molecule has 0 unspecified atom stereocenters. The van der Waals surface area contributed by atoms with E-state index in [1.807, 2.05) is 0 Å². The van der Waals surface area contributed by atoms with E-state index in [4.69, 9.17) is 4.42 Å². The SMILES string of the molecule is O=c1cc(CO)oc([C@@H](Nc2cccc(F)c2)c2ccccn2)c1O. The van der Waals surface area contributed by atoms with Crippen LogP contribution in [-0.4, -0.2) is 15.2 Å². The highest BCUT2D eigenvalue weighted by Crippen LogP contribution is 2.30. The van der Waals surface area contributed by atoms with Gasteiger partial charge in [0.1, 0.15) is 24.2 Å². The van der Waals surface area contributed by atoms with Gasteiger partial charge in [0.05, 0.1) is 5.69 Å². The second kappa shape index (κ2) is 7.14. The first-order valence-corrected chi connectivity index (χ1v) is 7.48. The highest BCUT2D eigenvalue weighted by molar-refractivity contribution is 5.48. The van der Waals surface area contributed by atoms with Gasteiger partial charge >= 0.3 is 0 Å². The summed E-state index contributed by atoms with van der Waals surface area (Å²) in [6.45, 7) is -0.503. The Kier molecular flexibility index (Phi) is 4.76. The molecule has 0 amide bonds. The van der Waals surface area contributed by atoms with Gasteiger partial charge in [-0.1, -0.05) is 12.1 Å². The predicted octanol–water partition coefficient (Wildman–Crippen LogP) is 2.57. The van der Waals surface area contributed by atoms with Crippen molar-refractivity contribution in [3.63, 3.8) is 0 Å². The first-order valence-electron chi connectivity index (χ1n) is 7.48. The zero-order chi connectivity index (χ0) is 17.8. The minimum Gasteiger partial charge on any atom is -0.502 e. The third-order valence-corrected chi connectivity index (χ3v) is 3.54. The van der Waals surface area contributed by atoms with Crippen LogP contribution >= 0.6 is 0 Å². The van der Waals surface area contributed by atoms with Crippen LogP contribution in [0.3, 0.4) is 0 Å². The van der Waals surface area contributed by atoms with Gasteiger partial charge in [-0.2, -0.15) is 0 Å². The van der Waals surface area contributed by atoms with Gasteiger partial charge in [-0.25, -0.2) is 4.39 Å². The molecule has 0 spiro atoms. The van der Waals surface area contributed by atoms with Crippen molar-refractivity contribution < 1.29 is 19.0 Å². The van der Waals surface area contributed by atoms with Crippen molar-refractivity contribution in [3.8, 4) is 5.75 Å². The van der Waals surface area contributed by atoms with Crippen molar-refractivity contribution in [2.75, 3.05) is 5.32 Å². The molecular weight excluding hydrogens is 327 g/mol. The Hall–Kier alpha value is -3.19. The average Bonchev–Trinajstić information content (AvgIpc) is 2.63. The fourth-order valence-electron chi connectivity index (χ4n) is 2.39. The van der Waals surface area contributed by atoms with Crippen LogP contribution in [0.25, 0.3) is 0 Å². The second-order valence-corrected chi connectivity index (χ2v) is 5.29. The van der Waals surface area contributed by atoms with E-state index in [1.54, 1.807) is 30.5 Å². The van der Waals surface area contributed by atoms with E-state index in [1.165, 1.54) is 18.2 Å². The number of anilines is 1. The number of nitrogens with one attached hydrogen (secondary N) is 1. The third kappa shape index (κ3) is 3.67. The van der Waals surface area contributed by atoms with Crippen LogP contribution in [-0.2, 0) is 6.61 Å². The summed E-state index contributed by atoms with van der Waals surface area (Å²) >= 11 is 0. The monoisotopic (exact) mass is 342 g/mol. The van der Waals surface area contributed by atoms with Crippen LogP contribution in [0.5, 0.6) is 5.75 Å². The van der Waals surface area contributed by atoms with Crippen LogP contribution in [0, 0.1) is 5.82 Å². The van der Waals surface area contributed by atoms with E-state index in [-0.39, 0.29) is 11.5 Å². The summed E-state index contributed by atoms with van der Waals surface area (Å²) in [7, 11) is 0. The first kappa shape index (κ1) is 16.7. The molecule has 3 N–H and O–H groups in total. The van der Waals surface area contributed by atoms with Crippen molar-refractivity contribution in [2.24, 2.45) is 0 Å². The lowest BCUT2D eigenvalue weighted by molar-refractivity contribution is 0.234. The zero-order valence-electron chi connectivity index (χ0n) is 13.0. The van der Waals surface area contributed by atoms with E-state index in [9.17, 15) is 19.4 Å². The Morgan fingerprint density at radius 3 is 2.72 bits per heavy atom. The maximum absolute atomic E-state index is 13.5. The molecule has 0 saturated carbocycles. The minimum absolute atomic E-state index is 0.000210. The van der Waals surface area contributed by atoms with E-state index in [2.05, 4.69) is 10.3 Å². The van der Waals surface area contributed by atoms with Crippen molar-refractivity contribution in [1.29, 1.82) is 0 Å². The molecular formula is C18H15FN2O4. The second-order valence-electron chi connectivity index (χ2n) is 5.29. The van der Waals surface area contributed by atoms with Crippen molar-refractivity contribution in [2.45, 2.75) is 12.6 Å². The predicted molar refractivity (Wildman–Crippen MR) is 88.7 cm³/mol. The highest BCUT2D eigenvalue weighted by atomic mass is 19.1. The fourth-order valence-corrected chi connectivity index (χ4v) is 2.39. The molecule has 0 aliphatic heterocycles. The topological polar surface area (TPSA) is 95.6 Å². The molecule has 0 aliphatic carbocycles. The molecule has 7 heteroatoms. The van der Waals surface area contributed by atoms with Gasteiger partial charge in [0.2, 0.25) is 11.2 Å². The minimum atomic E-state index is -0.859. The van der Waals surface area contributed by atoms with E-state index in [0.29, 0.717) is 11.4 Å². The Bertz CT molecular complexity index is 928. The highest BCUT2D eigenvalue weighted by Gasteiger charge is 2.24. The van der Waals surface area contributed by atoms with Crippen molar-refractivity contribution >= 4 is 5.69 Å². The van der Waals surface area contributed by atoms with E-state index in [0.717, 1.165) is 6.07 Å². The maximum Gasteiger partial charge on any atom is 0.227 e. The summed E-state index contributed by atoms with van der Waals surface area (Å²) in [5, 5.41) is 22.4. The molecule has 2 aromatic heterocycles. The molecule has 3 aromatic rings. The number of halogens is 1. The summed E-state index contributed by atoms with van der Waals surface area (Å²) < 4.78 is 18.9. The number of aliphatic hydroxyl groups is 1. The Balaban J connectivity index is 2.12. The number of benzene rings is 1. The molecule has 1 aromatic carbocycles. The van der Waals surface area contributed by atoms with E-state index < -0.39 is 29.6 Å². The number of pyridine rings is 1. The zero-order valence-corrected chi connectivity index (χ0v) is 13.0. The molecule has 0 aliphatic rings. The molecule has 0 radical (unpaired) electrons. The van der Waals surface area contributed by atoms with E-state index >= 15 is 0 Å². The summed E-state index contributed by atoms with van der Waals surface area (Å²) in [6, 6.07) is 11.0. The molecule has 0 fully saturated rings. The number of aliphatic hydroxyl groups excluding tert-OH is 1. The van der Waals surface area contributed by atoms with Gasteiger partial charge in [0, 0.05) is 18.0 Å². The Morgan fingerprint density at radius 1 is 1.20 bits per heavy atom. The average molecular weight is 342 g/mol. The summed E-state index contributed by atoms with van der Waals surface area (Å²) in [5.74, 6) is -1.16. The van der Waals surface area contributed by atoms with Crippen LogP contribution < -0.4 is 10.7 Å². The van der Waals surface area contributed by atoms with Crippen LogP contribution in [0.1, 0.15) is 23.3 Å². The van der Waals surface area contributed by atoms with Crippen LogP contribution in [0.4, 0.5) is 10.1 Å². The lowest BCUT2D eigenvalue weighted by Crippen LogP contribution is -2.17. The number of hydrogen-bond donors (Lipinski definition) is 3. The first-order chi connectivity index (χ1) is 12.1. The summed E-state index contributed by atoms with van der Waals surface area (Å²) in [5.41, 5.74) is 0.166. The van der Waals surface area contributed by atoms with Gasteiger partial charge in [-0.3, -0.25) is 9.78 Å². The van der Waals surface area contributed by atoms with Gasteiger partial charge in [-0.05, 0) is 30.3 Å². The number of aromatic hydroxyl groups is 1. The summed E-state index contributed by atoms with van der Waals surface area (Å²) in [4.78, 5) is 16.1. The Morgan fingerprint density at radius 2 is 2.04 bits per heavy atom. The molecule has 128 valence electrons. The van der Waals surface area contributed by atoms with Crippen molar-refractivity contribution in [1.82, 2.24) is 4.98 Å². The normalized spacial score (nSPS) is 11.9. The quantitative estimate of drug-likeness (QED) is 0.660. The molecule has 25 heavy (non-hydrogen) atoms. The van der Waals surface area contributed by atoms with Gasteiger partial charge in [0.15, 0.2) is 5.76 Å². The molecule has 0 bridgehead atoms. The van der Waals surface area contributed by atoms with Crippen LogP contribution in [0.2, 0.25) is 0 Å². The molecule has 3 rings (SSSR count). The fraction of sp³-hybridized carbons (Fsp3) is 0.111. The third-order valence-electron chi connectivity index (χ3n) is 3.54. The largest absolute Gasteiger partial charge is 0.502 e. The number of rotatable bonds is 5. The summed E-state index contributed by atoms with van der Waals surface area (Å²) in [6.07, 6.45) is 1.54. The number of aromatic nitrogens is 1. The maximum atomic E-state index is 13.5. The molecule has 2 heterocycles. The number of hydrogen-bond acceptors (Lipinski definition) is 6. The van der Waals surface area contributed by atoms with Gasteiger partial charge < -0.3 is 19.9 Å². The standard InChI is InChI=1S/C18H15FN2O4/c19-11-4-3-5-12(8-11)21-16(14-6-1-2-7-20-14)18-17(24)15(23)9-13(10-22)25-18/h1-9,16,21-22,24H,10H2/t16-/m0/s1. The Labute approximate surface area is 142 Å². The molecule has 0 saturated heterocycles. The van der Waals surface area contributed by atoms with Gasteiger partial charge in [-0.15, -0.1) is 0 Å². The molecule has 1 atom stereocenters. The van der Waals surface area contributed by atoms with Crippen LogP contribution in [0.15, 0.2) is 63.9 Å². The lowest BCUT2D eigenvalue weighted by Gasteiger charge is -2.20. The smallest absolute Gasteiger partial charge is 0.227 e. The van der Waals surface area contributed by atoms with Crippen molar-refractivity contribution in [3.05, 3.63) is 88.0 Å². The lowest BCUT2D eigenvalue weighted by atomic mass is 10.1. The number of nitrogens with zero attached hydrogens (tertiary/aromatic N) is 1. The van der Waals surface area contributed by atoms with Gasteiger partial charge in [0.25, 0.3) is 0 Å². The molecule has 6 nitrogen and oxygen atoms in total.